The van der Waals surface area contributed by atoms with E-state index in [2.05, 4.69) is 11.4 Å². The van der Waals surface area contributed by atoms with E-state index in [1.165, 1.54) is 17.0 Å². The lowest BCUT2D eigenvalue weighted by molar-refractivity contribution is -0.140. The van der Waals surface area contributed by atoms with Crippen molar-refractivity contribution in [3.8, 4) is 6.07 Å². The summed E-state index contributed by atoms with van der Waals surface area (Å²) < 4.78 is 27.1. The number of rotatable bonds is 7. The lowest BCUT2D eigenvalue weighted by Gasteiger charge is -2.30. The molecular weight excluding hydrogens is 521 g/mol. The molecule has 1 heterocycles. The van der Waals surface area contributed by atoms with Gasteiger partial charge in [0.05, 0.1) is 27.2 Å². The van der Waals surface area contributed by atoms with Gasteiger partial charge in [-0.05, 0) is 55.0 Å². The second-order valence-corrected chi connectivity index (χ2v) is 12.8. The van der Waals surface area contributed by atoms with Gasteiger partial charge in [-0.3, -0.25) is 9.59 Å². The molecule has 2 aliphatic rings. The second-order valence-electron chi connectivity index (χ2n) is 9.80. The molecule has 0 bridgehead atoms. The van der Waals surface area contributed by atoms with Gasteiger partial charge in [0, 0.05) is 11.6 Å². The van der Waals surface area contributed by atoms with Crippen molar-refractivity contribution in [2.24, 2.45) is 5.92 Å². The van der Waals surface area contributed by atoms with E-state index in [4.69, 9.17) is 23.2 Å². The van der Waals surface area contributed by atoms with E-state index in [1.807, 2.05) is 13.8 Å². The van der Waals surface area contributed by atoms with E-state index in [0.717, 1.165) is 5.56 Å². The van der Waals surface area contributed by atoms with Crippen LogP contribution in [0.15, 0.2) is 53.4 Å². The number of halogens is 2. The van der Waals surface area contributed by atoms with Gasteiger partial charge in [-0.25, -0.2) is 8.42 Å². The first-order valence-corrected chi connectivity index (χ1v) is 14.1. The molecule has 2 fully saturated rings. The minimum Gasteiger partial charge on any atom is -0.336 e. The van der Waals surface area contributed by atoms with E-state index >= 15 is 0 Å². The highest BCUT2D eigenvalue weighted by Crippen LogP contribution is 2.38. The van der Waals surface area contributed by atoms with Crippen LogP contribution in [-0.4, -0.2) is 48.5 Å². The van der Waals surface area contributed by atoms with Gasteiger partial charge in [0.2, 0.25) is 11.8 Å². The van der Waals surface area contributed by atoms with Crippen molar-refractivity contribution < 1.29 is 18.0 Å². The van der Waals surface area contributed by atoms with Crippen molar-refractivity contribution >= 4 is 44.9 Å². The van der Waals surface area contributed by atoms with Gasteiger partial charge in [0.15, 0.2) is 9.84 Å². The summed E-state index contributed by atoms with van der Waals surface area (Å²) in [5.41, 5.74) is -0.217. The summed E-state index contributed by atoms with van der Waals surface area (Å²) in [5, 5.41) is 11.8. The lowest BCUT2D eigenvalue weighted by atomic mass is 9.87. The van der Waals surface area contributed by atoms with E-state index in [-0.39, 0.29) is 34.7 Å². The molecule has 4 rings (SSSR count). The van der Waals surface area contributed by atoms with Crippen molar-refractivity contribution in [2.75, 3.05) is 6.54 Å². The summed E-state index contributed by atoms with van der Waals surface area (Å²) in [5.74, 6) is -1.59. The topological polar surface area (TPSA) is 107 Å². The van der Waals surface area contributed by atoms with Crippen LogP contribution in [0, 0.1) is 17.2 Å². The van der Waals surface area contributed by atoms with Crippen molar-refractivity contribution in [3.63, 3.8) is 0 Å². The first-order valence-electron chi connectivity index (χ1n) is 11.8. The Bertz CT molecular complexity index is 1320. The van der Waals surface area contributed by atoms with Gasteiger partial charge in [0.1, 0.15) is 11.6 Å². The number of amides is 2. The summed E-state index contributed by atoms with van der Waals surface area (Å²) in [7, 11) is -3.94. The molecule has 3 atom stereocenters. The van der Waals surface area contributed by atoms with Crippen LogP contribution >= 0.6 is 23.2 Å². The molecule has 0 radical (unpaired) electrons. The smallest absolute Gasteiger partial charge is 0.244 e. The molecule has 1 aliphatic heterocycles. The normalized spacial score (nSPS) is 21.6. The summed E-state index contributed by atoms with van der Waals surface area (Å²) in [6, 6.07) is 14.2. The summed E-state index contributed by atoms with van der Waals surface area (Å²) >= 11 is 12.2. The molecule has 1 aliphatic carbocycles. The maximum atomic E-state index is 13.9. The molecule has 2 unspecified atom stereocenters. The van der Waals surface area contributed by atoms with E-state index in [0.29, 0.717) is 17.9 Å². The maximum Gasteiger partial charge on any atom is 0.244 e. The van der Waals surface area contributed by atoms with Crippen molar-refractivity contribution in [2.45, 2.75) is 60.8 Å². The van der Waals surface area contributed by atoms with Crippen LogP contribution in [0.5, 0.6) is 0 Å². The third-order valence-corrected chi connectivity index (χ3v) is 9.80. The molecule has 2 aromatic carbocycles. The first-order chi connectivity index (χ1) is 17.0. The number of nitrogens with one attached hydrogen (secondary N) is 1. The number of hydrogen-bond acceptors (Lipinski definition) is 5. The predicted molar refractivity (Wildman–Crippen MR) is 137 cm³/mol. The van der Waals surface area contributed by atoms with Gasteiger partial charge < -0.3 is 10.2 Å². The monoisotopic (exact) mass is 547 g/mol. The minimum atomic E-state index is -3.94. The van der Waals surface area contributed by atoms with Crippen molar-refractivity contribution in [1.29, 1.82) is 5.26 Å². The predicted octanol–water partition coefficient (Wildman–Crippen LogP) is 4.35. The molecule has 1 N–H and O–H groups in total. The molecular formula is C26H27Cl2N3O4S. The zero-order valence-electron chi connectivity index (χ0n) is 19.9. The molecule has 2 amide bonds. The average Bonchev–Trinajstić information content (AvgIpc) is 3.45. The number of sulfone groups is 1. The fourth-order valence-electron chi connectivity index (χ4n) is 4.74. The van der Waals surface area contributed by atoms with Gasteiger partial charge in [-0.1, -0.05) is 61.3 Å². The molecule has 1 saturated heterocycles. The standard InChI is InChI=1S/C26H27Cl2N3O4S/c1-16(2)23(17-7-9-18(27)10-8-17)25(33)31-14-19(36(34,35)22-6-4-3-5-20(22)28)13-21(31)24(32)30-26(15-29)11-12-26/h3-10,16,19,21,23H,11-14H2,1-2H3,(H,30,32)/t19?,21?,23-/m0/s1. The fourth-order valence-corrected chi connectivity index (χ4v) is 7.08. The minimum absolute atomic E-state index is 0.0288. The number of carbonyl (C=O) groups excluding carboxylic acids is 2. The molecule has 190 valence electrons. The van der Waals surface area contributed by atoms with Crippen LogP contribution in [0.3, 0.4) is 0 Å². The van der Waals surface area contributed by atoms with Crippen molar-refractivity contribution in [3.05, 3.63) is 64.1 Å². The largest absolute Gasteiger partial charge is 0.336 e. The lowest BCUT2D eigenvalue weighted by Crippen LogP contribution is -2.50. The van der Waals surface area contributed by atoms with E-state index in [9.17, 15) is 23.3 Å². The number of nitriles is 1. The average molecular weight is 548 g/mol. The van der Waals surface area contributed by atoms with Crippen LogP contribution in [0.4, 0.5) is 0 Å². The zero-order valence-corrected chi connectivity index (χ0v) is 22.3. The molecule has 36 heavy (non-hydrogen) atoms. The number of likely N-dealkylation sites (tertiary alicyclic amines) is 1. The highest BCUT2D eigenvalue weighted by molar-refractivity contribution is 7.92. The van der Waals surface area contributed by atoms with Crippen LogP contribution < -0.4 is 5.32 Å². The first kappa shape index (κ1) is 26.5. The summed E-state index contributed by atoms with van der Waals surface area (Å²) in [4.78, 5) is 28.6. The van der Waals surface area contributed by atoms with E-state index in [1.54, 1.807) is 36.4 Å². The van der Waals surface area contributed by atoms with Crippen molar-refractivity contribution in [1.82, 2.24) is 10.2 Å². The van der Waals surface area contributed by atoms with E-state index < -0.39 is 38.5 Å². The molecule has 0 spiro atoms. The highest BCUT2D eigenvalue weighted by atomic mass is 35.5. The molecule has 10 heteroatoms. The maximum absolute atomic E-state index is 13.9. The molecule has 1 saturated carbocycles. The Labute approximate surface area is 221 Å². The number of hydrogen-bond donors (Lipinski definition) is 1. The Morgan fingerprint density at radius 2 is 1.75 bits per heavy atom. The van der Waals surface area contributed by atoms with Gasteiger partial charge >= 0.3 is 0 Å². The SMILES string of the molecule is CC(C)[C@H](C(=O)N1CC(S(=O)(=O)c2ccccc2Cl)CC1C(=O)NC1(C#N)CC1)c1ccc(Cl)cc1. The number of carbonyl (C=O) groups is 2. The Hall–Kier alpha value is -2.60. The third-order valence-electron chi connectivity index (χ3n) is 6.92. The highest BCUT2D eigenvalue weighted by Gasteiger charge is 2.51. The van der Waals surface area contributed by atoms with Gasteiger partial charge in [-0.15, -0.1) is 0 Å². The molecule has 0 aromatic heterocycles. The van der Waals surface area contributed by atoms with Crippen LogP contribution in [0.1, 0.15) is 44.6 Å². The summed E-state index contributed by atoms with van der Waals surface area (Å²) in [6.45, 7) is 3.64. The van der Waals surface area contributed by atoms with Crippen LogP contribution in [-0.2, 0) is 19.4 Å². The fraction of sp³-hybridized carbons (Fsp3) is 0.423. The van der Waals surface area contributed by atoms with Crippen LogP contribution in [0.25, 0.3) is 0 Å². The van der Waals surface area contributed by atoms with Crippen LogP contribution in [0.2, 0.25) is 10.0 Å². The van der Waals surface area contributed by atoms with Gasteiger partial charge in [0.25, 0.3) is 0 Å². The Morgan fingerprint density at radius 3 is 2.31 bits per heavy atom. The molecule has 7 nitrogen and oxygen atoms in total. The number of nitrogens with zero attached hydrogens (tertiary/aromatic N) is 2. The summed E-state index contributed by atoms with van der Waals surface area (Å²) in [6.07, 6.45) is 0.964. The quantitative estimate of drug-likeness (QED) is 0.554. The Kier molecular flexibility index (Phi) is 7.38. The Balaban J connectivity index is 1.70. The van der Waals surface area contributed by atoms with Gasteiger partial charge in [-0.2, -0.15) is 5.26 Å². The third kappa shape index (κ3) is 5.10. The molecule has 2 aromatic rings. The number of benzene rings is 2. The Morgan fingerprint density at radius 1 is 1.11 bits per heavy atom. The second kappa shape index (κ2) is 10.0. The zero-order chi connectivity index (χ0) is 26.3.